The Bertz CT molecular complexity index is 733. The lowest BCUT2D eigenvalue weighted by molar-refractivity contribution is 0.101. The Hall–Kier alpha value is -0.770. The van der Waals surface area contributed by atoms with E-state index in [0.29, 0.717) is 4.88 Å². The number of aromatic nitrogens is 1. The standard InChI is InChI=1S/C10H9BrN2O3S3/c1-5(14)7-4-17-10(12-7)13-19(15,16)8-3-9(11)18-6(8)2/h3-4H,1-2H3,(H,12,13). The molecule has 0 spiro atoms. The maximum absolute atomic E-state index is 12.2. The quantitative estimate of drug-likeness (QED) is 0.825. The number of aryl methyl sites for hydroxylation is 1. The third-order valence-electron chi connectivity index (χ3n) is 2.22. The van der Waals surface area contributed by atoms with E-state index in [4.69, 9.17) is 0 Å². The summed E-state index contributed by atoms with van der Waals surface area (Å²) >= 11 is 5.68. The SMILES string of the molecule is CC(=O)c1csc(NS(=O)(=O)c2cc(Br)sc2C)n1. The number of rotatable bonds is 4. The van der Waals surface area contributed by atoms with Crippen molar-refractivity contribution in [2.24, 2.45) is 0 Å². The number of halogens is 1. The summed E-state index contributed by atoms with van der Waals surface area (Å²) in [4.78, 5) is 15.9. The molecule has 0 amide bonds. The van der Waals surface area contributed by atoms with E-state index in [1.807, 2.05) is 0 Å². The predicted molar refractivity (Wildman–Crippen MR) is 79.7 cm³/mol. The van der Waals surface area contributed by atoms with Crippen LogP contribution in [0.3, 0.4) is 0 Å². The van der Waals surface area contributed by atoms with E-state index in [9.17, 15) is 13.2 Å². The monoisotopic (exact) mass is 380 g/mol. The van der Waals surface area contributed by atoms with Crippen LogP contribution >= 0.6 is 38.6 Å². The van der Waals surface area contributed by atoms with E-state index in [1.165, 1.54) is 23.6 Å². The minimum absolute atomic E-state index is 0.187. The van der Waals surface area contributed by atoms with E-state index in [-0.39, 0.29) is 21.5 Å². The highest BCUT2D eigenvalue weighted by molar-refractivity contribution is 9.11. The first-order chi connectivity index (χ1) is 8.79. The Kier molecular flexibility index (Phi) is 4.09. The Morgan fingerprint density at radius 1 is 1.47 bits per heavy atom. The number of thiophene rings is 1. The Morgan fingerprint density at radius 2 is 2.16 bits per heavy atom. The number of ketones is 1. The molecule has 0 radical (unpaired) electrons. The summed E-state index contributed by atoms with van der Waals surface area (Å²) in [6.07, 6.45) is 0. The third kappa shape index (κ3) is 3.22. The smallest absolute Gasteiger partial charge is 0.264 e. The van der Waals surface area contributed by atoms with Crippen molar-refractivity contribution >= 4 is 59.5 Å². The summed E-state index contributed by atoms with van der Waals surface area (Å²) in [5, 5.41) is 1.71. The summed E-state index contributed by atoms with van der Waals surface area (Å²) < 4.78 is 27.5. The van der Waals surface area contributed by atoms with Crippen LogP contribution in [-0.2, 0) is 10.0 Å². The molecule has 102 valence electrons. The summed E-state index contributed by atoms with van der Waals surface area (Å²) in [6, 6.07) is 1.54. The molecule has 19 heavy (non-hydrogen) atoms. The molecule has 5 nitrogen and oxygen atoms in total. The van der Waals surface area contributed by atoms with Crippen LogP contribution in [0.4, 0.5) is 5.13 Å². The van der Waals surface area contributed by atoms with Crippen LogP contribution in [0.2, 0.25) is 0 Å². The molecule has 0 bridgehead atoms. The van der Waals surface area contributed by atoms with Crippen molar-refractivity contribution in [1.29, 1.82) is 0 Å². The molecule has 0 aliphatic carbocycles. The maximum Gasteiger partial charge on any atom is 0.264 e. The second-order valence-electron chi connectivity index (χ2n) is 3.67. The van der Waals surface area contributed by atoms with Crippen molar-refractivity contribution in [3.63, 3.8) is 0 Å². The molecule has 0 aliphatic rings. The molecule has 1 N–H and O–H groups in total. The van der Waals surface area contributed by atoms with Gasteiger partial charge in [0.2, 0.25) is 0 Å². The number of anilines is 1. The van der Waals surface area contributed by atoms with Crippen molar-refractivity contribution in [3.8, 4) is 0 Å². The highest BCUT2D eigenvalue weighted by Crippen LogP contribution is 2.31. The molecule has 0 fully saturated rings. The molecule has 2 heterocycles. The van der Waals surface area contributed by atoms with Gasteiger partial charge in [0.15, 0.2) is 10.9 Å². The molecule has 9 heteroatoms. The normalized spacial score (nSPS) is 11.5. The number of sulfonamides is 1. The second-order valence-corrected chi connectivity index (χ2v) is 8.82. The molecule has 0 aromatic carbocycles. The lowest BCUT2D eigenvalue weighted by atomic mass is 10.4. The van der Waals surface area contributed by atoms with Crippen LogP contribution in [0.25, 0.3) is 0 Å². The minimum Gasteiger partial charge on any atom is -0.293 e. The number of Topliss-reactive ketones (excluding diaryl/α,β-unsaturated/α-hetero) is 1. The molecule has 2 rings (SSSR count). The van der Waals surface area contributed by atoms with Crippen molar-refractivity contribution < 1.29 is 13.2 Å². The third-order valence-corrected chi connectivity index (χ3v) is 6.25. The fourth-order valence-corrected chi connectivity index (χ4v) is 5.77. The molecular weight excluding hydrogens is 372 g/mol. The zero-order valence-corrected chi connectivity index (χ0v) is 14.0. The summed E-state index contributed by atoms with van der Waals surface area (Å²) in [7, 11) is -3.67. The van der Waals surface area contributed by atoms with Gasteiger partial charge >= 0.3 is 0 Å². The van der Waals surface area contributed by atoms with Gasteiger partial charge in [0.1, 0.15) is 10.6 Å². The molecule has 2 aromatic rings. The number of thiazole rings is 1. The summed E-state index contributed by atoms with van der Waals surface area (Å²) in [5.74, 6) is -0.198. The zero-order chi connectivity index (χ0) is 14.2. The molecule has 0 atom stereocenters. The fraction of sp³-hybridized carbons (Fsp3) is 0.200. The largest absolute Gasteiger partial charge is 0.293 e. The van der Waals surface area contributed by atoms with E-state index >= 15 is 0 Å². The van der Waals surface area contributed by atoms with Gasteiger partial charge in [-0.2, -0.15) is 0 Å². The molecule has 0 saturated heterocycles. The first kappa shape index (κ1) is 14.6. The number of hydrogen-bond acceptors (Lipinski definition) is 6. The van der Waals surface area contributed by atoms with E-state index in [2.05, 4.69) is 25.6 Å². The summed E-state index contributed by atoms with van der Waals surface area (Å²) in [5.41, 5.74) is 0.255. The lowest BCUT2D eigenvalue weighted by Crippen LogP contribution is -2.13. The van der Waals surface area contributed by atoms with Gasteiger partial charge in [-0.3, -0.25) is 9.52 Å². The molecule has 2 aromatic heterocycles. The Labute approximate surface area is 126 Å². The number of nitrogens with one attached hydrogen (secondary N) is 1. The number of nitrogens with zero attached hydrogens (tertiary/aromatic N) is 1. The van der Waals surface area contributed by atoms with Gasteiger partial charge < -0.3 is 0 Å². The average Bonchev–Trinajstić information content (AvgIpc) is 2.85. The van der Waals surface area contributed by atoms with Gasteiger partial charge in [0.25, 0.3) is 10.0 Å². The van der Waals surface area contributed by atoms with Gasteiger partial charge in [0.05, 0.1) is 3.79 Å². The summed E-state index contributed by atoms with van der Waals surface area (Å²) in [6.45, 7) is 3.11. The van der Waals surface area contributed by atoms with Crippen LogP contribution in [-0.4, -0.2) is 19.2 Å². The lowest BCUT2D eigenvalue weighted by Gasteiger charge is -2.03. The first-order valence-electron chi connectivity index (χ1n) is 5.05. The highest BCUT2D eigenvalue weighted by Gasteiger charge is 2.21. The minimum atomic E-state index is -3.67. The van der Waals surface area contributed by atoms with Crippen molar-refractivity contribution in [2.45, 2.75) is 18.7 Å². The second kappa shape index (κ2) is 5.31. The fourth-order valence-electron chi connectivity index (χ4n) is 1.35. The molecule has 0 unspecified atom stereocenters. The molecule has 0 aliphatic heterocycles. The average molecular weight is 381 g/mol. The van der Waals surface area contributed by atoms with Crippen LogP contribution in [0, 0.1) is 6.92 Å². The van der Waals surface area contributed by atoms with Gasteiger partial charge in [0, 0.05) is 17.2 Å². The molecule has 0 saturated carbocycles. The Balaban J connectivity index is 2.31. The Morgan fingerprint density at radius 3 is 2.63 bits per heavy atom. The van der Waals surface area contributed by atoms with Gasteiger partial charge in [-0.05, 0) is 28.9 Å². The number of carbonyl (C=O) groups is 1. The van der Waals surface area contributed by atoms with Crippen molar-refractivity contribution in [3.05, 3.63) is 25.8 Å². The molecular formula is C10H9BrN2O3S3. The topological polar surface area (TPSA) is 76.1 Å². The van der Waals surface area contributed by atoms with E-state index in [0.717, 1.165) is 15.1 Å². The van der Waals surface area contributed by atoms with Crippen LogP contribution in [0.5, 0.6) is 0 Å². The van der Waals surface area contributed by atoms with E-state index < -0.39 is 10.0 Å². The highest BCUT2D eigenvalue weighted by atomic mass is 79.9. The van der Waals surface area contributed by atoms with Crippen molar-refractivity contribution in [2.75, 3.05) is 4.72 Å². The first-order valence-corrected chi connectivity index (χ1v) is 9.02. The van der Waals surface area contributed by atoms with Gasteiger partial charge in [-0.25, -0.2) is 13.4 Å². The zero-order valence-electron chi connectivity index (χ0n) is 9.93. The predicted octanol–water partition coefficient (Wildman–Crippen LogP) is 3.28. The van der Waals surface area contributed by atoms with Crippen LogP contribution in [0.1, 0.15) is 22.3 Å². The number of carbonyl (C=O) groups excluding carboxylic acids is 1. The maximum atomic E-state index is 12.2. The number of hydrogen-bond donors (Lipinski definition) is 1. The van der Waals surface area contributed by atoms with Gasteiger partial charge in [-0.1, -0.05) is 0 Å². The van der Waals surface area contributed by atoms with E-state index in [1.54, 1.807) is 13.0 Å². The van der Waals surface area contributed by atoms with Crippen molar-refractivity contribution in [1.82, 2.24) is 4.98 Å². The van der Waals surface area contributed by atoms with Gasteiger partial charge in [-0.15, -0.1) is 22.7 Å². The van der Waals surface area contributed by atoms with Crippen LogP contribution < -0.4 is 4.72 Å². The van der Waals surface area contributed by atoms with Crippen LogP contribution in [0.15, 0.2) is 20.1 Å².